The van der Waals surface area contributed by atoms with E-state index in [0.717, 1.165) is 30.0 Å². The van der Waals surface area contributed by atoms with E-state index >= 15 is 0 Å². The molecule has 3 aromatic rings. The van der Waals surface area contributed by atoms with E-state index in [0.29, 0.717) is 11.6 Å². The molecule has 1 fully saturated rings. The number of nitrogens with zero attached hydrogens (tertiary/aromatic N) is 5. The second-order valence-corrected chi connectivity index (χ2v) is 7.51. The van der Waals surface area contributed by atoms with Gasteiger partial charge in [0.2, 0.25) is 5.91 Å². The highest BCUT2D eigenvalue weighted by Crippen LogP contribution is 2.43. The maximum absolute atomic E-state index is 12.6. The van der Waals surface area contributed by atoms with Crippen LogP contribution in [0.25, 0.3) is 11.0 Å². The zero-order valence-corrected chi connectivity index (χ0v) is 16.1. The number of hydrogen-bond donors (Lipinski definition) is 1. The Morgan fingerprint density at radius 1 is 1.31 bits per heavy atom. The van der Waals surface area contributed by atoms with E-state index in [-0.39, 0.29) is 19.0 Å². The number of carbonyl (C=O) groups is 1. The molecule has 3 aromatic heterocycles. The summed E-state index contributed by atoms with van der Waals surface area (Å²) in [4.78, 5) is 16.9. The fraction of sp³-hybridized carbons (Fsp3) is 0.474. The van der Waals surface area contributed by atoms with E-state index in [1.807, 2.05) is 13.0 Å². The van der Waals surface area contributed by atoms with Gasteiger partial charge in [-0.05, 0) is 50.3 Å². The van der Waals surface area contributed by atoms with Gasteiger partial charge in [-0.25, -0.2) is 9.67 Å². The molecule has 3 heterocycles. The van der Waals surface area contributed by atoms with Gasteiger partial charge in [-0.2, -0.15) is 23.4 Å². The Kier molecular flexibility index (Phi) is 4.79. The molecule has 1 N–H and O–H groups in total. The lowest BCUT2D eigenvalue weighted by Crippen LogP contribution is -2.38. The van der Waals surface area contributed by atoms with Gasteiger partial charge in [0, 0.05) is 23.8 Å². The van der Waals surface area contributed by atoms with Gasteiger partial charge in [-0.1, -0.05) is 0 Å². The quantitative estimate of drug-likeness (QED) is 0.683. The third-order valence-electron chi connectivity index (χ3n) is 4.95. The Balaban J connectivity index is 1.42. The lowest BCUT2D eigenvalue weighted by Gasteiger charge is -2.14. The Labute approximate surface area is 164 Å². The SMILES string of the molecule is Cc1nn(CC(=O)NC(C)Cn2ccc(C(F)(F)F)n2)c2nccc(C3CC3)c12. The van der Waals surface area contributed by atoms with Crippen molar-refractivity contribution >= 4 is 16.9 Å². The smallest absolute Gasteiger partial charge is 0.350 e. The summed E-state index contributed by atoms with van der Waals surface area (Å²) in [5, 5.41) is 11.8. The van der Waals surface area contributed by atoms with Crippen LogP contribution in [0.2, 0.25) is 0 Å². The van der Waals surface area contributed by atoms with E-state index in [9.17, 15) is 18.0 Å². The van der Waals surface area contributed by atoms with E-state index in [2.05, 4.69) is 20.5 Å². The number of alkyl halides is 3. The fourth-order valence-electron chi connectivity index (χ4n) is 3.55. The molecule has 7 nitrogen and oxygen atoms in total. The first-order valence-corrected chi connectivity index (χ1v) is 9.44. The molecule has 0 aromatic carbocycles. The number of amides is 1. The Morgan fingerprint density at radius 2 is 2.07 bits per heavy atom. The van der Waals surface area contributed by atoms with Crippen molar-refractivity contribution in [3.63, 3.8) is 0 Å². The highest BCUT2D eigenvalue weighted by molar-refractivity contribution is 5.85. The number of carbonyl (C=O) groups excluding carboxylic acids is 1. The van der Waals surface area contributed by atoms with Gasteiger partial charge in [0.1, 0.15) is 6.54 Å². The lowest BCUT2D eigenvalue weighted by molar-refractivity contribution is -0.141. The molecule has 0 saturated heterocycles. The predicted octanol–water partition coefficient (Wildman–Crippen LogP) is 3.04. The molecule has 0 aliphatic heterocycles. The first kappa shape index (κ1) is 19.4. The Hall–Kier alpha value is -2.91. The van der Waals surface area contributed by atoms with Gasteiger partial charge in [-0.15, -0.1) is 0 Å². The number of pyridine rings is 1. The second kappa shape index (κ2) is 7.16. The van der Waals surface area contributed by atoms with Crippen LogP contribution in [-0.2, 0) is 24.1 Å². The van der Waals surface area contributed by atoms with Crippen LogP contribution in [0.5, 0.6) is 0 Å². The molecule has 1 aliphatic carbocycles. The van der Waals surface area contributed by atoms with Crippen LogP contribution in [-0.4, -0.2) is 36.5 Å². The summed E-state index contributed by atoms with van der Waals surface area (Å²) in [6.45, 7) is 3.74. The van der Waals surface area contributed by atoms with Crippen LogP contribution < -0.4 is 5.32 Å². The number of hydrogen-bond acceptors (Lipinski definition) is 4. The van der Waals surface area contributed by atoms with Crippen LogP contribution in [0.1, 0.15) is 42.6 Å². The van der Waals surface area contributed by atoms with Gasteiger partial charge in [0.25, 0.3) is 0 Å². The van der Waals surface area contributed by atoms with Gasteiger partial charge in [0.15, 0.2) is 11.3 Å². The molecule has 1 aliphatic rings. The molecule has 29 heavy (non-hydrogen) atoms. The summed E-state index contributed by atoms with van der Waals surface area (Å²) in [5.74, 6) is 0.255. The number of halogens is 3. The number of aromatic nitrogens is 5. The number of fused-ring (bicyclic) bond motifs is 1. The molecule has 1 amide bonds. The first-order chi connectivity index (χ1) is 13.7. The molecule has 154 valence electrons. The molecule has 1 unspecified atom stereocenters. The molecule has 0 radical (unpaired) electrons. The van der Waals surface area contributed by atoms with Gasteiger partial charge >= 0.3 is 6.18 Å². The van der Waals surface area contributed by atoms with Crippen LogP contribution in [0, 0.1) is 6.92 Å². The minimum Gasteiger partial charge on any atom is -0.350 e. The summed E-state index contributed by atoms with van der Waals surface area (Å²) in [6, 6.07) is 2.53. The summed E-state index contributed by atoms with van der Waals surface area (Å²) >= 11 is 0. The van der Waals surface area contributed by atoms with Crippen molar-refractivity contribution in [2.24, 2.45) is 0 Å². The normalized spacial score (nSPS) is 15.6. The zero-order valence-electron chi connectivity index (χ0n) is 16.1. The van der Waals surface area contributed by atoms with E-state index < -0.39 is 17.9 Å². The van der Waals surface area contributed by atoms with Crippen LogP contribution in [0.3, 0.4) is 0 Å². The van der Waals surface area contributed by atoms with Crippen molar-refractivity contribution in [1.29, 1.82) is 0 Å². The summed E-state index contributed by atoms with van der Waals surface area (Å²) in [5.41, 5.74) is 1.79. The Bertz CT molecular complexity index is 1050. The number of nitrogens with one attached hydrogen (secondary N) is 1. The average molecular weight is 406 g/mol. The fourth-order valence-corrected chi connectivity index (χ4v) is 3.55. The predicted molar refractivity (Wildman–Crippen MR) is 99.1 cm³/mol. The largest absolute Gasteiger partial charge is 0.435 e. The standard InChI is InChI=1S/C19H21F3N6O/c1-11(9-27-8-6-15(26-27)19(20,21)22)24-16(29)10-28-18-17(12(2)25-28)14(5-7-23-18)13-3-4-13/h5-8,11,13H,3-4,9-10H2,1-2H3,(H,24,29). The van der Waals surface area contributed by atoms with E-state index in [1.165, 1.54) is 16.4 Å². The summed E-state index contributed by atoms with van der Waals surface area (Å²) in [6.07, 6.45) is 0.822. The monoisotopic (exact) mass is 406 g/mol. The topological polar surface area (TPSA) is 77.6 Å². The second-order valence-electron chi connectivity index (χ2n) is 7.51. The van der Waals surface area contributed by atoms with Gasteiger partial charge in [0.05, 0.1) is 12.2 Å². The van der Waals surface area contributed by atoms with Gasteiger partial charge in [-0.3, -0.25) is 9.48 Å². The number of rotatable bonds is 6. The van der Waals surface area contributed by atoms with E-state index in [4.69, 9.17) is 0 Å². The van der Waals surface area contributed by atoms with Crippen molar-refractivity contribution in [3.05, 3.63) is 41.5 Å². The summed E-state index contributed by atoms with van der Waals surface area (Å²) in [7, 11) is 0. The minimum absolute atomic E-state index is 0.0112. The lowest BCUT2D eigenvalue weighted by atomic mass is 10.1. The van der Waals surface area contributed by atoms with Crippen LogP contribution in [0.15, 0.2) is 24.5 Å². The van der Waals surface area contributed by atoms with Crippen molar-refractivity contribution in [3.8, 4) is 0 Å². The highest BCUT2D eigenvalue weighted by atomic mass is 19.4. The molecular weight excluding hydrogens is 385 g/mol. The molecule has 1 saturated carbocycles. The summed E-state index contributed by atoms with van der Waals surface area (Å²) < 4.78 is 40.7. The van der Waals surface area contributed by atoms with Crippen molar-refractivity contribution < 1.29 is 18.0 Å². The maximum Gasteiger partial charge on any atom is 0.435 e. The minimum atomic E-state index is -4.48. The van der Waals surface area contributed by atoms with Crippen molar-refractivity contribution in [2.45, 2.75) is 57.9 Å². The molecule has 1 atom stereocenters. The number of aryl methyl sites for hydroxylation is 1. The van der Waals surface area contributed by atoms with Crippen molar-refractivity contribution in [1.82, 2.24) is 29.9 Å². The van der Waals surface area contributed by atoms with Gasteiger partial charge < -0.3 is 5.32 Å². The average Bonchev–Trinajstić information content (AvgIpc) is 3.29. The Morgan fingerprint density at radius 3 is 2.72 bits per heavy atom. The van der Waals surface area contributed by atoms with Crippen LogP contribution in [0.4, 0.5) is 13.2 Å². The molecule has 0 bridgehead atoms. The molecule has 10 heteroatoms. The van der Waals surface area contributed by atoms with Crippen molar-refractivity contribution in [2.75, 3.05) is 0 Å². The van der Waals surface area contributed by atoms with Crippen LogP contribution >= 0.6 is 0 Å². The molecule has 0 spiro atoms. The third-order valence-corrected chi connectivity index (χ3v) is 4.95. The molecular formula is C19H21F3N6O. The maximum atomic E-state index is 12.6. The molecule has 4 rings (SSSR count). The highest BCUT2D eigenvalue weighted by Gasteiger charge is 2.33. The zero-order chi connectivity index (χ0) is 20.8. The first-order valence-electron chi connectivity index (χ1n) is 9.44. The van der Waals surface area contributed by atoms with E-state index in [1.54, 1.807) is 17.8 Å². The third kappa shape index (κ3) is 4.10.